The van der Waals surface area contributed by atoms with Gasteiger partial charge in [-0.1, -0.05) is 18.6 Å². The Hall–Kier alpha value is -2.87. The van der Waals surface area contributed by atoms with Gasteiger partial charge in [-0.3, -0.25) is 14.5 Å². The number of amides is 2. The molecule has 0 aliphatic carbocycles. The van der Waals surface area contributed by atoms with Crippen molar-refractivity contribution < 1.29 is 18.7 Å². The van der Waals surface area contributed by atoms with Gasteiger partial charge in [-0.05, 0) is 44.9 Å². The molecule has 1 aromatic carbocycles. The summed E-state index contributed by atoms with van der Waals surface area (Å²) in [5, 5.41) is 2.91. The van der Waals surface area contributed by atoms with Crippen molar-refractivity contribution in [3.63, 3.8) is 0 Å². The fraction of sp³-hybridized carbons (Fsp3) is 0.500. The first-order valence-corrected chi connectivity index (χ1v) is 10.6. The van der Waals surface area contributed by atoms with E-state index in [2.05, 4.69) is 22.1 Å². The lowest BCUT2D eigenvalue weighted by molar-refractivity contribution is -0.121. The van der Waals surface area contributed by atoms with Crippen LogP contribution in [0.3, 0.4) is 0 Å². The highest BCUT2D eigenvalue weighted by atomic mass is 16.5. The predicted molar refractivity (Wildman–Crippen MR) is 111 cm³/mol. The molecule has 4 rings (SSSR count). The second kappa shape index (κ2) is 9.30. The number of rotatable bonds is 7. The van der Waals surface area contributed by atoms with Crippen molar-refractivity contribution in [3.8, 4) is 5.75 Å². The minimum Gasteiger partial charge on any atom is -0.482 e. The van der Waals surface area contributed by atoms with Crippen molar-refractivity contribution in [2.24, 2.45) is 0 Å². The van der Waals surface area contributed by atoms with Gasteiger partial charge in [-0.15, -0.1) is 0 Å². The van der Waals surface area contributed by atoms with E-state index in [1.807, 2.05) is 24.3 Å². The molecule has 0 radical (unpaired) electrons. The van der Waals surface area contributed by atoms with E-state index >= 15 is 0 Å². The number of anilines is 1. The van der Waals surface area contributed by atoms with Gasteiger partial charge in [-0.25, -0.2) is 4.98 Å². The number of benzene rings is 1. The molecule has 3 heterocycles. The van der Waals surface area contributed by atoms with Crippen LogP contribution in [0.15, 0.2) is 34.9 Å². The summed E-state index contributed by atoms with van der Waals surface area (Å²) in [4.78, 5) is 33.0. The van der Waals surface area contributed by atoms with E-state index < -0.39 is 0 Å². The van der Waals surface area contributed by atoms with Crippen LogP contribution >= 0.6 is 0 Å². The maximum absolute atomic E-state index is 12.4. The molecule has 0 spiro atoms. The van der Waals surface area contributed by atoms with Crippen molar-refractivity contribution in [3.05, 3.63) is 42.1 Å². The molecule has 1 N–H and O–H groups in total. The molecular weight excluding hydrogens is 384 g/mol. The third-order valence-corrected chi connectivity index (χ3v) is 5.73. The topological polar surface area (TPSA) is 87.9 Å². The van der Waals surface area contributed by atoms with Crippen LogP contribution in [0, 0.1) is 0 Å². The second-order valence-electron chi connectivity index (χ2n) is 7.85. The number of aromatic nitrogens is 1. The van der Waals surface area contributed by atoms with Gasteiger partial charge in [0.05, 0.1) is 5.69 Å². The third kappa shape index (κ3) is 4.64. The van der Waals surface area contributed by atoms with E-state index in [1.165, 1.54) is 25.5 Å². The van der Waals surface area contributed by atoms with Crippen LogP contribution in [0.25, 0.3) is 0 Å². The number of hydrogen-bond acceptors (Lipinski definition) is 6. The fourth-order valence-corrected chi connectivity index (χ4v) is 4.01. The highest BCUT2D eigenvalue weighted by molar-refractivity contribution is 5.97. The van der Waals surface area contributed by atoms with Crippen molar-refractivity contribution in [2.45, 2.75) is 45.2 Å². The monoisotopic (exact) mass is 412 g/mol. The Labute approximate surface area is 176 Å². The summed E-state index contributed by atoms with van der Waals surface area (Å²) in [6.07, 6.45) is 6.07. The van der Waals surface area contributed by atoms with Crippen molar-refractivity contribution in [1.82, 2.24) is 15.2 Å². The van der Waals surface area contributed by atoms with Crippen LogP contribution in [0.4, 0.5) is 5.69 Å². The standard InChI is InChI=1S/C22H28N4O4/c1-16-7-4-5-11-25(16)12-6-10-23-22(28)17-14-30-20(24-17)13-26-18-8-2-3-9-19(18)29-15-21(26)27/h2-3,8-9,14,16H,4-7,10-13,15H2,1H3,(H,23,28). The molecule has 8 nitrogen and oxygen atoms in total. The Morgan fingerprint density at radius 2 is 2.17 bits per heavy atom. The number of nitrogens with one attached hydrogen (secondary N) is 1. The maximum atomic E-state index is 12.4. The van der Waals surface area contributed by atoms with E-state index in [1.54, 1.807) is 4.90 Å². The van der Waals surface area contributed by atoms with Crippen LogP contribution < -0.4 is 15.0 Å². The van der Waals surface area contributed by atoms with E-state index in [-0.39, 0.29) is 30.7 Å². The summed E-state index contributed by atoms with van der Waals surface area (Å²) in [7, 11) is 0. The Kier molecular flexibility index (Phi) is 6.32. The number of oxazole rings is 1. The molecule has 8 heteroatoms. The molecule has 1 atom stereocenters. The molecule has 0 bridgehead atoms. The summed E-state index contributed by atoms with van der Waals surface area (Å²) in [6.45, 7) is 5.13. The molecule has 0 saturated carbocycles. The average molecular weight is 412 g/mol. The van der Waals surface area contributed by atoms with Gasteiger partial charge < -0.3 is 19.4 Å². The Balaban J connectivity index is 1.28. The summed E-state index contributed by atoms with van der Waals surface area (Å²) in [6, 6.07) is 7.94. The lowest BCUT2D eigenvalue weighted by Gasteiger charge is -2.33. The number of nitrogens with zero attached hydrogens (tertiary/aromatic N) is 3. The number of likely N-dealkylation sites (tertiary alicyclic amines) is 1. The van der Waals surface area contributed by atoms with Crippen LogP contribution in [-0.4, -0.2) is 54.0 Å². The lowest BCUT2D eigenvalue weighted by atomic mass is 10.0. The van der Waals surface area contributed by atoms with Gasteiger partial charge >= 0.3 is 0 Å². The fourth-order valence-electron chi connectivity index (χ4n) is 4.01. The van der Waals surface area contributed by atoms with Crippen molar-refractivity contribution in [1.29, 1.82) is 0 Å². The molecule has 1 fully saturated rings. The first kappa shape index (κ1) is 20.4. The van der Waals surface area contributed by atoms with Crippen LogP contribution in [0.1, 0.15) is 49.0 Å². The normalized spacial score (nSPS) is 19.3. The first-order chi connectivity index (χ1) is 14.6. The zero-order chi connectivity index (χ0) is 20.9. The summed E-state index contributed by atoms with van der Waals surface area (Å²) in [5.41, 5.74) is 0.898. The quantitative estimate of drug-likeness (QED) is 0.704. The van der Waals surface area contributed by atoms with Crippen LogP contribution in [-0.2, 0) is 11.3 Å². The van der Waals surface area contributed by atoms with Gasteiger partial charge in [0, 0.05) is 19.1 Å². The smallest absolute Gasteiger partial charge is 0.273 e. The zero-order valence-electron chi connectivity index (χ0n) is 17.3. The Morgan fingerprint density at radius 3 is 3.03 bits per heavy atom. The number of carbonyl (C=O) groups is 2. The van der Waals surface area contributed by atoms with Crippen LogP contribution in [0.2, 0.25) is 0 Å². The van der Waals surface area contributed by atoms with Gasteiger partial charge in [0.2, 0.25) is 5.89 Å². The minimum absolute atomic E-state index is 0.0271. The summed E-state index contributed by atoms with van der Waals surface area (Å²) in [5.74, 6) is 0.521. The molecule has 2 amide bonds. The molecule has 1 aromatic heterocycles. The molecule has 2 aromatic rings. The first-order valence-electron chi connectivity index (χ1n) is 10.6. The zero-order valence-corrected chi connectivity index (χ0v) is 17.3. The highest BCUT2D eigenvalue weighted by Crippen LogP contribution is 2.32. The van der Waals surface area contributed by atoms with Crippen molar-refractivity contribution >= 4 is 17.5 Å². The largest absolute Gasteiger partial charge is 0.482 e. The van der Waals surface area contributed by atoms with E-state index in [9.17, 15) is 9.59 Å². The number of fused-ring (bicyclic) bond motifs is 1. The molecule has 160 valence electrons. The maximum Gasteiger partial charge on any atom is 0.273 e. The van der Waals surface area contributed by atoms with Crippen LogP contribution in [0.5, 0.6) is 5.75 Å². The molecular formula is C22H28N4O4. The molecule has 2 aliphatic rings. The average Bonchev–Trinajstić information content (AvgIpc) is 3.23. The van der Waals surface area contributed by atoms with Gasteiger partial charge in [0.1, 0.15) is 18.6 Å². The van der Waals surface area contributed by atoms with Crippen molar-refractivity contribution in [2.75, 3.05) is 31.1 Å². The minimum atomic E-state index is -0.259. The SMILES string of the molecule is CC1CCCCN1CCCNC(=O)c1coc(CN2C(=O)COc3ccccc32)n1. The number of carbonyl (C=O) groups excluding carboxylic acids is 2. The lowest BCUT2D eigenvalue weighted by Crippen LogP contribution is -2.39. The van der Waals surface area contributed by atoms with Gasteiger partial charge in [-0.2, -0.15) is 0 Å². The predicted octanol–water partition coefficient (Wildman–Crippen LogP) is 2.59. The Bertz CT molecular complexity index is 897. The highest BCUT2D eigenvalue weighted by Gasteiger charge is 2.27. The molecule has 1 saturated heterocycles. The number of piperidine rings is 1. The molecule has 1 unspecified atom stereocenters. The van der Waals surface area contributed by atoms with Gasteiger partial charge in [0.25, 0.3) is 11.8 Å². The number of para-hydroxylation sites is 2. The summed E-state index contributed by atoms with van der Waals surface area (Å²) >= 11 is 0. The molecule has 2 aliphatic heterocycles. The molecule has 30 heavy (non-hydrogen) atoms. The summed E-state index contributed by atoms with van der Waals surface area (Å²) < 4.78 is 10.9. The van der Waals surface area contributed by atoms with E-state index in [0.717, 1.165) is 19.5 Å². The van der Waals surface area contributed by atoms with E-state index in [4.69, 9.17) is 9.15 Å². The van der Waals surface area contributed by atoms with E-state index in [0.29, 0.717) is 29.9 Å². The number of ether oxygens (including phenoxy) is 1. The third-order valence-electron chi connectivity index (χ3n) is 5.73. The second-order valence-corrected chi connectivity index (χ2v) is 7.85. The number of hydrogen-bond donors (Lipinski definition) is 1. The van der Waals surface area contributed by atoms with Gasteiger partial charge in [0.15, 0.2) is 12.3 Å². The Morgan fingerprint density at radius 1 is 1.30 bits per heavy atom.